The van der Waals surface area contributed by atoms with Gasteiger partial charge in [-0.3, -0.25) is 9.48 Å². The van der Waals surface area contributed by atoms with Gasteiger partial charge in [-0.1, -0.05) is 0 Å². The molecule has 0 aliphatic carbocycles. The van der Waals surface area contributed by atoms with Gasteiger partial charge in [0.15, 0.2) is 0 Å². The van der Waals surface area contributed by atoms with Crippen molar-refractivity contribution in [2.45, 2.75) is 53.0 Å². The van der Waals surface area contributed by atoms with Gasteiger partial charge in [0, 0.05) is 28.4 Å². The Morgan fingerprint density at radius 1 is 1.43 bits per heavy atom. The summed E-state index contributed by atoms with van der Waals surface area (Å²) >= 11 is 1.82. The monoisotopic (exact) mass is 305 g/mol. The van der Waals surface area contributed by atoms with Crippen LogP contribution in [0.1, 0.15) is 48.0 Å². The fraction of sp³-hybridized carbons (Fsp3) is 0.500. The minimum absolute atomic E-state index is 0.0583. The number of nitrogens with zero attached hydrogens (tertiary/aromatic N) is 2. The largest absolute Gasteiger partial charge is 0.323 e. The third-order valence-corrected chi connectivity index (χ3v) is 4.42. The number of thiophene rings is 1. The van der Waals surface area contributed by atoms with Crippen LogP contribution in [-0.4, -0.2) is 15.7 Å². The van der Waals surface area contributed by atoms with Crippen molar-refractivity contribution in [1.82, 2.24) is 9.78 Å². The second kappa shape index (κ2) is 6.89. The van der Waals surface area contributed by atoms with Gasteiger partial charge in [-0.05, 0) is 52.2 Å². The standard InChI is InChI=1S/C16H23N3OS/c1-11(2)19-10-15(9-17-19)18-16(20)7-5-6-14-8-12(3)21-13(14)4/h8-11H,5-7H2,1-4H3,(H,18,20). The Hall–Kier alpha value is -1.62. The Labute approximate surface area is 130 Å². The van der Waals surface area contributed by atoms with Gasteiger partial charge < -0.3 is 5.32 Å². The maximum atomic E-state index is 11.9. The molecule has 0 bridgehead atoms. The second-order valence-electron chi connectivity index (χ2n) is 5.64. The predicted molar refractivity (Wildman–Crippen MR) is 88.0 cm³/mol. The molecule has 0 aliphatic rings. The van der Waals surface area contributed by atoms with Crippen LogP contribution in [0, 0.1) is 13.8 Å². The number of hydrogen-bond donors (Lipinski definition) is 1. The maximum Gasteiger partial charge on any atom is 0.224 e. The molecular formula is C16H23N3OS. The number of rotatable bonds is 6. The molecule has 0 saturated heterocycles. The number of nitrogens with one attached hydrogen (secondary N) is 1. The first-order valence-electron chi connectivity index (χ1n) is 7.35. The van der Waals surface area contributed by atoms with E-state index in [9.17, 15) is 4.79 Å². The fourth-order valence-electron chi connectivity index (χ4n) is 2.28. The molecule has 4 nitrogen and oxygen atoms in total. The first-order valence-corrected chi connectivity index (χ1v) is 8.17. The zero-order valence-electron chi connectivity index (χ0n) is 13.1. The summed E-state index contributed by atoms with van der Waals surface area (Å²) in [6, 6.07) is 2.53. The quantitative estimate of drug-likeness (QED) is 0.873. The third kappa shape index (κ3) is 4.43. The fourth-order valence-corrected chi connectivity index (χ4v) is 3.26. The van der Waals surface area contributed by atoms with Gasteiger partial charge in [0.05, 0.1) is 11.9 Å². The van der Waals surface area contributed by atoms with E-state index in [0.717, 1.165) is 18.5 Å². The summed E-state index contributed by atoms with van der Waals surface area (Å²) in [7, 11) is 0. The molecule has 114 valence electrons. The summed E-state index contributed by atoms with van der Waals surface area (Å²) in [5.74, 6) is 0.0583. The summed E-state index contributed by atoms with van der Waals surface area (Å²) in [5.41, 5.74) is 2.15. The van der Waals surface area contributed by atoms with Crippen LogP contribution in [-0.2, 0) is 11.2 Å². The second-order valence-corrected chi connectivity index (χ2v) is 7.10. The summed E-state index contributed by atoms with van der Waals surface area (Å²) in [6.07, 6.45) is 5.95. The number of hydrogen-bond acceptors (Lipinski definition) is 3. The van der Waals surface area contributed by atoms with E-state index in [-0.39, 0.29) is 5.91 Å². The molecule has 2 heterocycles. The molecule has 21 heavy (non-hydrogen) atoms. The Morgan fingerprint density at radius 2 is 2.19 bits per heavy atom. The highest BCUT2D eigenvalue weighted by atomic mass is 32.1. The van der Waals surface area contributed by atoms with Crippen LogP contribution < -0.4 is 5.32 Å². The smallest absolute Gasteiger partial charge is 0.224 e. The summed E-state index contributed by atoms with van der Waals surface area (Å²) in [4.78, 5) is 14.6. The van der Waals surface area contributed by atoms with Crippen molar-refractivity contribution in [3.05, 3.63) is 33.8 Å². The van der Waals surface area contributed by atoms with Gasteiger partial charge in [-0.15, -0.1) is 11.3 Å². The highest BCUT2D eigenvalue weighted by molar-refractivity contribution is 7.12. The van der Waals surface area contributed by atoms with Crippen LogP contribution in [0.15, 0.2) is 18.5 Å². The molecule has 2 aromatic rings. The number of carbonyl (C=O) groups excluding carboxylic acids is 1. The van der Waals surface area contributed by atoms with Crippen LogP contribution in [0.5, 0.6) is 0 Å². The van der Waals surface area contributed by atoms with E-state index < -0.39 is 0 Å². The molecule has 0 fully saturated rings. The average molecular weight is 305 g/mol. The van der Waals surface area contributed by atoms with Crippen molar-refractivity contribution in [2.24, 2.45) is 0 Å². The Kier molecular flexibility index (Phi) is 5.17. The third-order valence-electron chi connectivity index (χ3n) is 3.41. The molecule has 0 unspecified atom stereocenters. The van der Waals surface area contributed by atoms with Crippen LogP contribution in [0.2, 0.25) is 0 Å². The maximum absolute atomic E-state index is 11.9. The van der Waals surface area contributed by atoms with Gasteiger partial charge in [0.25, 0.3) is 0 Å². The number of amides is 1. The first-order chi connectivity index (χ1) is 9.95. The highest BCUT2D eigenvalue weighted by Gasteiger charge is 2.08. The van der Waals surface area contributed by atoms with Crippen LogP contribution in [0.4, 0.5) is 5.69 Å². The van der Waals surface area contributed by atoms with Gasteiger partial charge in [0.2, 0.25) is 5.91 Å². The van der Waals surface area contributed by atoms with Crippen LogP contribution >= 0.6 is 11.3 Å². The molecule has 5 heteroatoms. The van der Waals surface area contributed by atoms with E-state index >= 15 is 0 Å². The predicted octanol–water partition coefficient (Wildman–Crippen LogP) is 4.10. The minimum atomic E-state index is 0.0583. The SMILES string of the molecule is Cc1cc(CCCC(=O)Nc2cnn(C(C)C)c2)c(C)s1. The van der Waals surface area contributed by atoms with Crippen molar-refractivity contribution in [3.8, 4) is 0 Å². The van der Waals surface area contributed by atoms with Gasteiger partial charge in [-0.25, -0.2) is 0 Å². The Balaban J connectivity index is 1.78. The normalized spacial score (nSPS) is 11.1. The molecule has 1 N–H and O–H groups in total. The van der Waals surface area contributed by atoms with E-state index in [1.54, 1.807) is 6.20 Å². The number of anilines is 1. The topological polar surface area (TPSA) is 46.9 Å². The number of aryl methyl sites for hydroxylation is 3. The lowest BCUT2D eigenvalue weighted by molar-refractivity contribution is -0.116. The van der Waals surface area contributed by atoms with Crippen molar-refractivity contribution in [2.75, 3.05) is 5.32 Å². The zero-order valence-corrected chi connectivity index (χ0v) is 14.0. The van der Waals surface area contributed by atoms with Gasteiger partial charge >= 0.3 is 0 Å². The Morgan fingerprint density at radius 3 is 2.76 bits per heavy atom. The summed E-state index contributed by atoms with van der Waals surface area (Å²) in [5, 5.41) is 7.12. The van der Waals surface area contributed by atoms with Crippen LogP contribution in [0.25, 0.3) is 0 Å². The van der Waals surface area contributed by atoms with Gasteiger partial charge in [0.1, 0.15) is 0 Å². The molecule has 0 aliphatic heterocycles. The van der Waals surface area contributed by atoms with Crippen LogP contribution in [0.3, 0.4) is 0 Å². The Bertz CT molecular complexity index is 613. The lowest BCUT2D eigenvalue weighted by Gasteiger charge is -2.04. The molecule has 0 spiro atoms. The average Bonchev–Trinajstić information content (AvgIpc) is 2.97. The van der Waals surface area contributed by atoms with Gasteiger partial charge in [-0.2, -0.15) is 5.10 Å². The number of carbonyl (C=O) groups is 1. The van der Waals surface area contributed by atoms with E-state index in [0.29, 0.717) is 12.5 Å². The molecular weight excluding hydrogens is 282 g/mol. The summed E-state index contributed by atoms with van der Waals surface area (Å²) in [6.45, 7) is 8.39. The van der Waals surface area contributed by atoms with E-state index in [1.165, 1.54) is 15.3 Å². The van der Waals surface area contributed by atoms with E-state index in [2.05, 4.69) is 44.2 Å². The first kappa shape index (κ1) is 15.8. The van der Waals surface area contributed by atoms with E-state index in [1.807, 2.05) is 22.2 Å². The highest BCUT2D eigenvalue weighted by Crippen LogP contribution is 2.22. The van der Waals surface area contributed by atoms with E-state index in [4.69, 9.17) is 0 Å². The molecule has 0 atom stereocenters. The molecule has 1 amide bonds. The van der Waals surface area contributed by atoms with Crippen molar-refractivity contribution in [3.63, 3.8) is 0 Å². The van der Waals surface area contributed by atoms with Crippen molar-refractivity contribution >= 4 is 22.9 Å². The lowest BCUT2D eigenvalue weighted by atomic mass is 10.1. The summed E-state index contributed by atoms with van der Waals surface area (Å²) < 4.78 is 1.84. The lowest BCUT2D eigenvalue weighted by Crippen LogP contribution is -2.11. The minimum Gasteiger partial charge on any atom is -0.323 e. The van der Waals surface area contributed by atoms with Crippen molar-refractivity contribution < 1.29 is 4.79 Å². The zero-order chi connectivity index (χ0) is 15.4. The molecule has 0 saturated carbocycles. The molecule has 0 radical (unpaired) electrons. The van der Waals surface area contributed by atoms with Crippen molar-refractivity contribution in [1.29, 1.82) is 0 Å². The molecule has 0 aromatic carbocycles. The molecule has 2 aromatic heterocycles. The number of aromatic nitrogens is 2. The molecule has 2 rings (SSSR count).